The van der Waals surface area contributed by atoms with Crippen LogP contribution >= 0.6 is 11.3 Å². The quantitative estimate of drug-likeness (QED) is 0.684. The number of aromatic nitrogens is 2. The molecule has 1 saturated heterocycles. The van der Waals surface area contributed by atoms with Gasteiger partial charge in [-0.25, -0.2) is 4.98 Å². The van der Waals surface area contributed by atoms with Crippen LogP contribution in [-0.2, 0) is 0 Å². The van der Waals surface area contributed by atoms with Gasteiger partial charge in [-0.1, -0.05) is 19.9 Å². The summed E-state index contributed by atoms with van der Waals surface area (Å²) in [5.74, 6) is 2.16. The molecule has 1 N–H and O–H groups in total. The largest absolute Gasteiger partial charge is 0.356 e. The van der Waals surface area contributed by atoms with Gasteiger partial charge in [0.25, 0.3) is 0 Å². The molecule has 3 atom stereocenters. The van der Waals surface area contributed by atoms with Crippen molar-refractivity contribution in [3.05, 3.63) is 41.1 Å². The van der Waals surface area contributed by atoms with Crippen LogP contribution in [-0.4, -0.2) is 47.1 Å². The number of likely N-dealkylation sites (tertiary alicyclic amines) is 1. The molecule has 2 aromatic heterocycles. The van der Waals surface area contributed by atoms with Crippen molar-refractivity contribution in [2.45, 2.75) is 32.2 Å². The minimum Gasteiger partial charge on any atom is -0.356 e. The Bertz CT molecular complexity index is 634. The van der Waals surface area contributed by atoms with Crippen LogP contribution in [0.25, 0.3) is 0 Å². The van der Waals surface area contributed by atoms with Gasteiger partial charge in [-0.15, -0.1) is 11.3 Å². The van der Waals surface area contributed by atoms with Gasteiger partial charge in [-0.2, -0.15) is 0 Å². The maximum atomic E-state index is 4.52. The number of thiophene rings is 1. The summed E-state index contributed by atoms with van der Waals surface area (Å²) in [6.45, 7) is 7.54. The second-order valence-electron chi connectivity index (χ2n) is 6.63. The standard InChI is InChI=1S/C18H27N5S/c1-14-6-8-22(12-16(14)23-9-7-20-13-23)18(19-3)21-11-15(2)17-5-4-10-24-17/h4-5,7,9-10,13-16H,6,8,11-12H2,1-3H3,(H,19,21). The van der Waals surface area contributed by atoms with Crippen LogP contribution < -0.4 is 5.32 Å². The highest BCUT2D eigenvalue weighted by Gasteiger charge is 2.29. The summed E-state index contributed by atoms with van der Waals surface area (Å²) >= 11 is 1.82. The molecule has 1 fully saturated rings. The lowest BCUT2D eigenvalue weighted by Gasteiger charge is -2.39. The van der Waals surface area contributed by atoms with Gasteiger partial charge in [0.05, 0.1) is 12.4 Å². The molecule has 0 saturated carbocycles. The van der Waals surface area contributed by atoms with Gasteiger partial charge in [-0.3, -0.25) is 4.99 Å². The highest BCUT2D eigenvalue weighted by Crippen LogP contribution is 2.27. The molecule has 3 rings (SSSR count). The summed E-state index contributed by atoms with van der Waals surface area (Å²) in [7, 11) is 1.88. The van der Waals surface area contributed by atoms with Gasteiger partial charge < -0.3 is 14.8 Å². The third-order valence-corrected chi connectivity index (χ3v) is 6.04. The first-order valence-corrected chi connectivity index (χ1v) is 9.53. The van der Waals surface area contributed by atoms with Crippen molar-refractivity contribution in [3.63, 3.8) is 0 Å². The molecule has 130 valence electrons. The van der Waals surface area contributed by atoms with Gasteiger partial charge in [-0.05, 0) is 23.8 Å². The van der Waals surface area contributed by atoms with Crippen molar-refractivity contribution in [3.8, 4) is 0 Å². The average molecular weight is 346 g/mol. The Hall–Kier alpha value is -1.82. The first-order valence-electron chi connectivity index (χ1n) is 8.65. The SMILES string of the molecule is CN=C(NCC(C)c1cccs1)N1CCC(C)C(n2ccnc2)C1. The van der Waals surface area contributed by atoms with Gasteiger partial charge in [0.15, 0.2) is 5.96 Å². The van der Waals surface area contributed by atoms with Crippen LogP contribution in [0.4, 0.5) is 0 Å². The van der Waals surface area contributed by atoms with E-state index in [1.807, 2.05) is 30.9 Å². The van der Waals surface area contributed by atoms with E-state index in [0.29, 0.717) is 17.9 Å². The molecule has 0 bridgehead atoms. The molecule has 24 heavy (non-hydrogen) atoms. The molecule has 0 amide bonds. The summed E-state index contributed by atoms with van der Waals surface area (Å²) in [5, 5.41) is 5.71. The molecule has 2 aromatic rings. The molecule has 6 heteroatoms. The zero-order chi connectivity index (χ0) is 16.9. The molecule has 1 aliphatic rings. The van der Waals surface area contributed by atoms with E-state index in [0.717, 1.165) is 25.6 Å². The number of nitrogens with one attached hydrogen (secondary N) is 1. The number of imidazole rings is 1. The van der Waals surface area contributed by atoms with Gasteiger partial charge in [0.2, 0.25) is 0 Å². The predicted molar refractivity (Wildman–Crippen MR) is 101 cm³/mol. The Morgan fingerprint density at radius 1 is 1.54 bits per heavy atom. The first kappa shape index (κ1) is 17.0. The van der Waals surface area contributed by atoms with Crippen molar-refractivity contribution in [2.24, 2.45) is 10.9 Å². The zero-order valence-electron chi connectivity index (χ0n) is 14.7. The molecule has 5 nitrogen and oxygen atoms in total. The number of aliphatic imine (C=N–C) groups is 1. The van der Waals surface area contributed by atoms with E-state index in [1.54, 1.807) is 0 Å². The van der Waals surface area contributed by atoms with Crippen LogP contribution in [0.1, 0.15) is 37.1 Å². The van der Waals surface area contributed by atoms with E-state index < -0.39 is 0 Å². The van der Waals surface area contributed by atoms with E-state index in [-0.39, 0.29) is 0 Å². The lowest BCUT2D eigenvalue weighted by Crippen LogP contribution is -2.49. The summed E-state index contributed by atoms with van der Waals surface area (Å²) in [5.41, 5.74) is 0. The zero-order valence-corrected chi connectivity index (χ0v) is 15.5. The molecule has 3 heterocycles. The van der Waals surface area contributed by atoms with Gasteiger partial charge in [0.1, 0.15) is 0 Å². The maximum absolute atomic E-state index is 4.52. The van der Waals surface area contributed by atoms with E-state index >= 15 is 0 Å². The van der Waals surface area contributed by atoms with Crippen molar-refractivity contribution in [1.29, 1.82) is 0 Å². The number of rotatable bonds is 4. The Morgan fingerprint density at radius 3 is 3.08 bits per heavy atom. The van der Waals surface area contributed by atoms with Gasteiger partial charge in [0, 0.05) is 49.9 Å². The Balaban J connectivity index is 1.61. The summed E-state index contributed by atoms with van der Waals surface area (Å²) in [6.07, 6.45) is 7.03. The fourth-order valence-corrected chi connectivity index (χ4v) is 4.13. The van der Waals surface area contributed by atoms with Crippen LogP contribution in [0, 0.1) is 5.92 Å². The van der Waals surface area contributed by atoms with Gasteiger partial charge >= 0.3 is 0 Å². The summed E-state index contributed by atoms with van der Waals surface area (Å²) in [6, 6.07) is 4.78. The van der Waals surface area contributed by atoms with E-state index in [4.69, 9.17) is 0 Å². The van der Waals surface area contributed by atoms with Crippen LogP contribution in [0.3, 0.4) is 0 Å². The Kier molecular flexibility index (Phi) is 5.56. The summed E-state index contributed by atoms with van der Waals surface area (Å²) < 4.78 is 2.23. The second-order valence-corrected chi connectivity index (χ2v) is 7.61. The van der Waals surface area contributed by atoms with Crippen LogP contribution in [0.15, 0.2) is 41.2 Å². The number of nitrogens with zero attached hydrogens (tertiary/aromatic N) is 4. The lowest BCUT2D eigenvalue weighted by molar-refractivity contribution is 0.189. The van der Waals surface area contributed by atoms with Crippen molar-refractivity contribution in [1.82, 2.24) is 19.8 Å². The second kappa shape index (κ2) is 7.83. The van der Waals surface area contributed by atoms with Crippen LogP contribution in [0.5, 0.6) is 0 Å². The smallest absolute Gasteiger partial charge is 0.193 e. The van der Waals surface area contributed by atoms with E-state index in [1.165, 1.54) is 11.3 Å². The van der Waals surface area contributed by atoms with Crippen molar-refractivity contribution in [2.75, 3.05) is 26.7 Å². The van der Waals surface area contributed by atoms with Crippen LogP contribution in [0.2, 0.25) is 0 Å². The third kappa shape index (κ3) is 3.80. The first-order chi connectivity index (χ1) is 11.7. The Morgan fingerprint density at radius 2 is 2.42 bits per heavy atom. The Labute approximate surface area is 148 Å². The molecule has 0 aromatic carbocycles. The van der Waals surface area contributed by atoms with E-state index in [2.05, 4.69) is 62.3 Å². The number of hydrogen-bond donors (Lipinski definition) is 1. The monoisotopic (exact) mass is 345 g/mol. The molecule has 1 aliphatic heterocycles. The average Bonchev–Trinajstić information content (AvgIpc) is 3.30. The lowest BCUT2D eigenvalue weighted by atomic mass is 9.93. The topological polar surface area (TPSA) is 45.5 Å². The minimum atomic E-state index is 0.453. The number of guanidine groups is 1. The highest BCUT2D eigenvalue weighted by atomic mass is 32.1. The molecule has 0 radical (unpaired) electrons. The van der Waals surface area contributed by atoms with Crippen molar-refractivity contribution < 1.29 is 0 Å². The normalized spacial score (nSPS) is 23.3. The predicted octanol–water partition coefficient (Wildman–Crippen LogP) is 3.21. The summed E-state index contributed by atoms with van der Waals surface area (Å²) in [4.78, 5) is 12.5. The molecule has 3 unspecified atom stereocenters. The fourth-order valence-electron chi connectivity index (χ4n) is 3.34. The number of hydrogen-bond acceptors (Lipinski definition) is 3. The minimum absolute atomic E-state index is 0.453. The van der Waals surface area contributed by atoms with Crippen molar-refractivity contribution >= 4 is 17.3 Å². The molecular formula is C18H27N5S. The van der Waals surface area contributed by atoms with E-state index in [9.17, 15) is 0 Å². The molecular weight excluding hydrogens is 318 g/mol. The number of piperidine rings is 1. The maximum Gasteiger partial charge on any atom is 0.193 e. The third-order valence-electron chi connectivity index (χ3n) is 4.93. The molecule has 0 aliphatic carbocycles. The highest BCUT2D eigenvalue weighted by molar-refractivity contribution is 7.10. The molecule has 0 spiro atoms. The fraction of sp³-hybridized carbons (Fsp3) is 0.556.